The number of esters is 1. The summed E-state index contributed by atoms with van der Waals surface area (Å²) in [5, 5.41) is 0. The summed E-state index contributed by atoms with van der Waals surface area (Å²) in [6, 6.07) is 5.24. The summed E-state index contributed by atoms with van der Waals surface area (Å²) < 4.78 is 16.8. The van der Waals surface area contributed by atoms with Gasteiger partial charge in [-0.1, -0.05) is 15.9 Å². The molecule has 1 fully saturated rings. The molecular formula is C20H29BrN2O5. The monoisotopic (exact) mass is 456 g/mol. The molecule has 1 atom stereocenters. The Morgan fingerprint density at radius 1 is 1.21 bits per heavy atom. The lowest BCUT2D eigenvalue weighted by Crippen LogP contribution is -2.55. The molecule has 1 saturated heterocycles. The number of benzene rings is 1. The van der Waals surface area contributed by atoms with Gasteiger partial charge in [-0.2, -0.15) is 0 Å². The maximum atomic E-state index is 12.3. The first-order chi connectivity index (χ1) is 13.1. The minimum atomic E-state index is -0.491. The lowest BCUT2D eigenvalue weighted by atomic mass is 10.2. The van der Waals surface area contributed by atoms with Crippen LogP contribution < -0.4 is 4.74 Å². The van der Waals surface area contributed by atoms with E-state index < -0.39 is 11.6 Å². The number of ether oxygens (including phenoxy) is 3. The average Bonchev–Trinajstić information content (AvgIpc) is 2.59. The molecule has 8 heteroatoms. The molecule has 0 bridgehead atoms. The number of piperazine rings is 1. The summed E-state index contributed by atoms with van der Waals surface area (Å²) >= 11 is 3.38. The molecule has 1 aliphatic heterocycles. The molecule has 0 aromatic heterocycles. The summed E-state index contributed by atoms with van der Waals surface area (Å²) in [5.74, 6) is 0.202. The molecule has 0 N–H and O–H groups in total. The fraction of sp³-hybridized carbons (Fsp3) is 0.600. The van der Waals surface area contributed by atoms with E-state index in [1.807, 2.05) is 33.8 Å². The second-order valence-corrected chi connectivity index (χ2v) is 8.75. The maximum Gasteiger partial charge on any atom is 0.410 e. The van der Waals surface area contributed by atoms with Crippen LogP contribution in [-0.4, -0.2) is 73.4 Å². The molecule has 1 aromatic rings. The molecule has 0 saturated carbocycles. The zero-order chi connectivity index (χ0) is 20.9. The van der Waals surface area contributed by atoms with Crippen molar-refractivity contribution in [1.29, 1.82) is 0 Å². The third-order valence-corrected chi connectivity index (χ3v) is 4.77. The second-order valence-electron chi connectivity index (χ2n) is 7.84. The fourth-order valence-electron chi connectivity index (χ4n) is 3.00. The van der Waals surface area contributed by atoms with Crippen LogP contribution in [0, 0.1) is 0 Å². The Morgan fingerprint density at radius 3 is 2.54 bits per heavy atom. The minimum absolute atomic E-state index is 0.0698. The van der Waals surface area contributed by atoms with Gasteiger partial charge in [-0.25, -0.2) is 9.59 Å². The van der Waals surface area contributed by atoms with Gasteiger partial charge in [-0.3, -0.25) is 4.90 Å². The number of hydrogen-bond acceptors (Lipinski definition) is 6. The van der Waals surface area contributed by atoms with Crippen molar-refractivity contribution in [3.8, 4) is 5.75 Å². The van der Waals surface area contributed by atoms with Crippen LogP contribution in [-0.2, 0) is 9.47 Å². The number of rotatable bonds is 5. The smallest absolute Gasteiger partial charge is 0.410 e. The Kier molecular flexibility index (Phi) is 7.71. The van der Waals surface area contributed by atoms with Crippen LogP contribution in [0.5, 0.6) is 5.75 Å². The molecule has 2 rings (SSSR count). The zero-order valence-electron chi connectivity index (χ0n) is 17.2. The number of methoxy groups -OCH3 is 1. The van der Waals surface area contributed by atoms with Crippen molar-refractivity contribution in [2.24, 2.45) is 0 Å². The predicted octanol–water partition coefficient (Wildman–Crippen LogP) is 3.56. The van der Waals surface area contributed by atoms with Crippen LogP contribution >= 0.6 is 15.9 Å². The van der Waals surface area contributed by atoms with E-state index in [9.17, 15) is 9.59 Å². The van der Waals surface area contributed by atoms with Gasteiger partial charge < -0.3 is 19.1 Å². The van der Waals surface area contributed by atoms with Gasteiger partial charge in [0.15, 0.2) is 0 Å². The molecule has 0 spiro atoms. The molecule has 1 unspecified atom stereocenters. The summed E-state index contributed by atoms with van der Waals surface area (Å²) in [7, 11) is 1.35. The van der Waals surface area contributed by atoms with Crippen molar-refractivity contribution >= 4 is 28.0 Å². The Labute approximate surface area is 175 Å². The topological polar surface area (TPSA) is 68.3 Å². The van der Waals surface area contributed by atoms with E-state index in [1.165, 1.54) is 7.11 Å². The quantitative estimate of drug-likeness (QED) is 0.630. The highest BCUT2D eigenvalue weighted by Gasteiger charge is 2.30. The zero-order valence-corrected chi connectivity index (χ0v) is 18.7. The van der Waals surface area contributed by atoms with Crippen LogP contribution in [0.15, 0.2) is 22.7 Å². The van der Waals surface area contributed by atoms with Crippen LogP contribution in [0.3, 0.4) is 0 Å². The largest absolute Gasteiger partial charge is 0.492 e. The second kappa shape index (κ2) is 9.60. The number of halogens is 1. The molecule has 1 heterocycles. The Morgan fingerprint density at radius 2 is 1.93 bits per heavy atom. The molecule has 1 amide bonds. The minimum Gasteiger partial charge on any atom is -0.492 e. The lowest BCUT2D eigenvalue weighted by molar-refractivity contribution is 0.000335. The summed E-state index contributed by atoms with van der Waals surface area (Å²) in [6.07, 6.45) is -0.264. The molecular weight excluding hydrogens is 428 g/mol. The van der Waals surface area contributed by atoms with Gasteiger partial charge in [-0.15, -0.1) is 0 Å². The van der Waals surface area contributed by atoms with Gasteiger partial charge in [0.05, 0.1) is 12.7 Å². The third kappa shape index (κ3) is 6.67. The van der Waals surface area contributed by atoms with E-state index in [0.29, 0.717) is 24.5 Å². The summed E-state index contributed by atoms with van der Waals surface area (Å²) in [5.41, 5.74) is -0.0547. The van der Waals surface area contributed by atoms with Gasteiger partial charge >= 0.3 is 12.1 Å². The first kappa shape index (κ1) is 22.5. The van der Waals surface area contributed by atoms with Gasteiger partial charge in [0, 0.05) is 36.7 Å². The first-order valence-corrected chi connectivity index (χ1v) is 10.1. The van der Waals surface area contributed by atoms with E-state index in [-0.39, 0.29) is 12.1 Å². The van der Waals surface area contributed by atoms with E-state index >= 15 is 0 Å². The van der Waals surface area contributed by atoms with Gasteiger partial charge in [0.2, 0.25) is 0 Å². The van der Waals surface area contributed by atoms with E-state index in [2.05, 4.69) is 20.8 Å². The highest BCUT2D eigenvalue weighted by atomic mass is 79.9. The van der Waals surface area contributed by atoms with Crippen LogP contribution in [0.2, 0.25) is 0 Å². The van der Waals surface area contributed by atoms with E-state index in [0.717, 1.165) is 24.1 Å². The number of carbonyl (C=O) groups is 2. The highest BCUT2D eigenvalue weighted by Crippen LogP contribution is 2.22. The summed E-state index contributed by atoms with van der Waals surface area (Å²) in [6.45, 7) is 11.0. The van der Waals surface area contributed by atoms with Crippen LogP contribution in [0.25, 0.3) is 0 Å². The maximum absolute atomic E-state index is 12.3. The molecule has 1 aromatic carbocycles. The highest BCUT2D eigenvalue weighted by molar-refractivity contribution is 9.10. The van der Waals surface area contributed by atoms with Crippen molar-refractivity contribution in [2.75, 3.05) is 39.9 Å². The normalized spacial score (nSPS) is 17.9. The Balaban J connectivity index is 1.83. The Hall–Kier alpha value is -1.80. The van der Waals surface area contributed by atoms with Crippen molar-refractivity contribution < 1.29 is 23.8 Å². The third-order valence-electron chi connectivity index (χ3n) is 4.31. The van der Waals surface area contributed by atoms with E-state index in [1.54, 1.807) is 17.0 Å². The van der Waals surface area contributed by atoms with Crippen molar-refractivity contribution in [3.05, 3.63) is 28.2 Å². The molecule has 0 aliphatic carbocycles. The molecule has 28 heavy (non-hydrogen) atoms. The van der Waals surface area contributed by atoms with Crippen molar-refractivity contribution in [3.63, 3.8) is 0 Å². The van der Waals surface area contributed by atoms with Crippen molar-refractivity contribution in [1.82, 2.24) is 9.80 Å². The van der Waals surface area contributed by atoms with E-state index in [4.69, 9.17) is 14.2 Å². The standard InChI is InChI=1S/C20H29BrN2O5/c1-14-13-22(6-7-23(14)19(25)28-20(2,3)4)8-9-27-17-11-15(18(24)26-5)10-16(21)12-17/h10-12,14H,6-9,13H2,1-5H3. The molecule has 156 valence electrons. The molecule has 1 aliphatic rings. The van der Waals surface area contributed by atoms with Gasteiger partial charge in [0.25, 0.3) is 0 Å². The number of hydrogen-bond donors (Lipinski definition) is 0. The SMILES string of the molecule is COC(=O)c1cc(Br)cc(OCCN2CCN(C(=O)OC(C)(C)C)C(C)C2)c1. The van der Waals surface area contributed by atoms with Crippen LogP contribution in [0.4, 0.5) is 4.79 Å². The first-order valence-electron chi connectivity index (χ1n) is 9.33. The summed E-state index contributed by atoms with van der Waals surface area (Å²) in [4.78, 5) is 28.0. The fourth-order valence-corrected chi connectivity index (χ4v) is 3.47. The predicted molar refractivity (Wildman–Crippen MR) is 110 cm³/mol. The van der Waals surface area contributed by atoms with Crippen LogP contribution in [0.1, 0.15) is 38.1 Å². The lowest BCUT2D eigenvalue weighted by Gasteiger charge is -2.40. The van der Waals surface area contributed by atoms with Crippen molar-refractivity contribution in [2.45, 2.75) is 39.3 Å². The Bertz CT molecular complexity index is 704. The average molecular weight is 457 g/mol. The number of amides is 1. The van der Waals surface area contributed by atoms with Gasteiger partial charge in [-0.05, 0) is 45.9 Å². The number of nitrogens with zero attached hydrogens (tertiary/aromatic N) is 2. The molecule has 7 nitrogen and oxygen atoms in total. The molecule has 0 radical (unpaired) electrons. The number of carbonyl (C=O) groups excluding carboxylic acids is 2. The van der Waals surface area contributed by atoms with Gasteiger partial charge in [0.1, 0.15) is 18.0 Å².